The van der Waals surface area contributed by atoms with E-state index in [-0.39, 0.29) is 5.41 Å². The average Bonchev–Trinajstić information content (AvgIpc) is 2.93. The summed E-state index contributed by atoms with van der Waals surface area (Å²) in [6.07, 6.45) is 11.5. The van der Waals surface area contributed by atoms with Crippen molar-refractivity contribution in [1.82, 2.24) is 0 Å². The average molecular weight is 344 g/mol. The van der Waals surface area contributed by atoms with Crippen molar-refractivity contribution < 1.29 is 9.63 Å². The van der Waals surface area contributed by atoms with E-state index in [1.165, 1.54) is 43.4 Å². The molecule has 0 aliphatic heterocycles. The Morgan fingerprint density at radius 1 is 1.12 bits per heavy atom. The normalized spacial score (nSPS) is 46.8. The number of allylic oxidation sites excluding steroid dienone is 1. The molecule has 4 aliphatic carbocycles. The van der Waals surface area contributed by atoms with Gasteiger partial charge in [-0.1, -0.05) is 24.6 Å². The van der Waals surface area contributed by atoms with E-state index >= 15 is 0 Å². The van der Waals surface area contributed by atoms with Crippen LogP contribution in [0.1, 0.15) is 72.1 Å². The van der Waals surface area contributed by atoms with Crippen LogP contribution >= 0.6 is 0 Å². The van der Waals surface area contributed by atoms with Gasteiger partial charge in [-0.3, -0.25) is 4.79 Å². The Bertz CT molecular complexity index is 636. The van der Waals surface area contributed by atoms with Gasteiger partial charge in [0.1, 0.15) is 7.11 Å². The minimum atomic E-state index is 0.284. The van der Waals surface area contributed by atoms with Gasteiger partial charge in [0.2, 0.25) is 0 Å². The molecule has 25 heavy (non-hydrogen) atoms. The molecule has 0 bridgehead atoms. The maximum absolute atomic E-state index is 11.9. The molecule has 3 nitrogen and oxygen atoms in total. The maximum Gasteiger partial charge on any atom is 0.155 e. The summed E-state index contributed by atoms with van der Waals surface area (Å²) in [6.45, 7) is 7.15. The molecule has 0 radical (unpaired) electrons. The number of nitrogens with zero attached hydrogens (tertiary/aromatic N) is 1. The molecule has 0 heterocycles. The summed E-state index contributed by atoms with van der Waals surface area (Å²) in [6, 6.07) is 0. The molecule has 0 aromatic heterocycles. The molecule has 0 amide bonds. The van der Waals surface area contributed by atoms with Gasteiger partial charge in [0.05, 0.1) is 5.71 Å². The second-order valence-electron chi connectivity index (χ2n) is 9.56. The zero-order valence-electron chi connectivity index (χ0n) is 16.3. The molecule has 3 fully saturated rings. The first-order chi connectivity index (χ1) is 11.9. The van der Waals surface area contributed by atoms with Crippen molar-refractivity contribution in [2.45, 2.75) is 72.1 Å². The highest BCUT2D eigenvalue weighted by atomic mass is 16.6. The van der Waals surface area contributed by atoms with E-state index in [2.05, 4.69) is 25.9 Å². The van der Waals surface area contributed by atoms with Gasteiger partial charge < -0.3 is 4.84 Å². The van der Waals surface area contributed by atoms with Crippen molar-refractivity contribution in [2.75, 3.05) is 7.11 Å². The summed E-state index contributed by atoms with van der Waals surface area (Å²) in [5, 5.41) is 4.30. The predicted octanol–water partition coefficient (Wildman–Crippen LogP) is 5.16. The topological polar surface area (TPSA) is 38.7 Å². The van der Waals surface area contributed by atoms with E-state index in [0.717, 1.165) is 37.0 Å². The van der Waals surface area contributed by atoms with Crippen LogP contribution in [0.15, 0.2) is 16.8 Å². The molecular weight excluding hydrogens is 310 g/mol. The zero-order chi connectivity index (χ0) is 17.8. The van der Waals surface area contributed by atoms with Crippen LogP contribution in [0.5, 0.6) is 0 Å². The van der Waals surface area contributed by atoms with Crippen molar-refractivity contribution in [3.8, 4) is 0 Å². The molecule has 138 valence electrons. The Morgan fingerprint density at radius 2 is 1.92 bits per heavy atom. The fourth-order valence-corrected chi connectivity index (χ4v) is 7.45. The summed E-state index contributed by atoms with van der Waals surface area (Å²) in [5.74, 6) is 3.36. The van der Waals surface area contributed by atoms with E-state index in [1.807, 2.05) is 6.08 Å². The fourth-order valence-electron chi connectivity index (χ4n) is 7.45. The van der Waals surface area contributed by atoms with Crippen LogP contribution in [0.3, 0.4) is 0 Å². The Balaban J connectivity index is 1.64. The van der Waals surface area contributed by atoms with Gasteiger partial charge in [-0.15, -0.1) is 0 Å². The lowest BCUT2D eigenvalue weighted by Gasteiger charge is -2.58. The third-order valence-corrected chi connectivity index (χ3v) is 8.70. The third-order valence-electron chi connectivity index (χ3n) is 8.70. The highest BCUT2D eigenvalue weighted by molar-refractivity contribution is 5.91. The number of rotatable bonds is 2. The van der Waals surface area contributed by atoms with Crippen molar-refractivity contribution >= 4 is 11.5 Å². The molecule has 0 unspecified atom stereocenters. The third kappa shape index (κ3) is 2.44. The van der Waals surface area contributed by atoms with Crippen molar-refractivity contribution in [3.63, 3.8) is 0 Å². The van der Waals surface area contributed by atoms with E-state index in [0.29, 0.717) is 17.1 Å². The molecule has 3 saturated carbocycles. The lowest BCUT2D eigenvalue weighted by Crippen LogP contribution is -2.51. The van der Waals surface area contributed by atoms with E-state index < -0.39 is 0 Å². The fraction of sp³-hybridized carbons (Fsp3) is 0.818. The SMILES string of the molecule is CO/N=C(\C)[C@H]1CC[C@H]2[C@@H]3CCC4=CC(=O)CC[C@]4(C)[C@H]3CC[C@]12C. The number of hydrogen-bond donors (Lipinski definition) is 0. The second kappa shape index (κ2) is 5.96. The predicted molar refractivity (Wildman–Crippen MR) is 100 cm³/mol. The quantitative estimate of drug-likeness (QED) is 0.513. The number of fused-ring (bicyclic) bond motifs is 5. The first kappa shape index (κ1) is 17.3. The summed E-state index contributed by atoms with van der Waals surface area (Å²) >= 11 is 0. The highest BCUT2D eigenvalue weighted by Crippen LogP contribution is 2.66. The molecule has 0 spiro atoms. The van der Waals surface area contributed by atoms with Crippen LogP contribution in [-0.2, 0) is 9.63 Å². The monoisotopic (exact) mass is 343 g/mol. The van der Waals surface area contributed by atoms with Crippen molar-refractivity contribution in [2.24, 2.45) is 39.7 Å². The lowest BCUT2D eigenvalue weighted by molar-refractivity contribution is -0.117. The van der Waals surface area contributed by atoms with Gasteiger partial charge in [-0.25, -0.2) is 0 Å². The lowest BCUT2D eigenvalue weighted by atomic mass is 9.46. The van der Waals surface area contributed by atoms with Gasteiger partial charge >= 0.3 is 0 Å². The van der Waals surface area contributed by atoms with Crippen LogP contribution in [0.2, 0.25) is 0 Å². The Kier molecular flexibility index (Phi) is 4.12. The molecule has 0 saturated heterocycles. The standard InChI is InChI=1S/C22H33NO2/c1-14(23-25-4)18-7-8-19-17-6-5-15-13-16(24)9-11-21(15,2)20(17)10-12-22(18,19)3/h13,17-20H,5-12H2,1-4H3/b23-14+/t17-,18+,19-,20-,21-,22+/m0/s1. The Morgan fingerprint density at radius 3 is 2.68 bits per heavy atom. The molecule has 0 aromatic carbocycles. The van der Waals surface area contributed by atoms with Crippen LogP contribution in [0, 0.1) is 34.5 Å². The van der Waals surface area contributed by atoms with Crippen LogP contribution < -0.4 is 0 Å². The van der Waals surface area contributed by atoms with Crippen molar-refractivity contribution in [1.29, 1.82) is 0 Å². The minimum absolute atomic E-state index is 0.284. The number of carbonyl (C=O) groups is 1. The van der Waals surface area contributed by atoms with Crippen molar-refractivity contribution in [3.05, 3.63) is 11.6 Å². The summed E-state index contributed by atoms with van der Waals surface area (Å²) in [5.41, 5.74) is 3.33. The summed E-state index contributed by atoms with van der Waals surface area (Å²) < 4.78 is 0. The largest absolute Gasteiger partial charge is 0.399 e. The molecular formula is C22H33NO2. The number of oxime groups is 1. The molecule has 4 rings (SSSR count). The Hall–Kier alpha value is -1.12. The first-order valence-corrected chi connectivity index (χ1v) is 10.2. The van der Waals surface area contributed by atoms with E-state index in [4.69, 9.17) is 4.84 Å². The minimum Gasteiger partial charge on any atom is -0.399 e. The summed E-state index contributed by atoms with van der Waals surface area (Å²) in [4.78, 5) is 17.0. The van der Waals surface area contributed by atoms with Crippen LogP contribution in [0.4, 0.5) is 0 Å². The van der Waals surface area contributed by atoms with Gasteiger partial charge in [0.25, 0.3) is 0 Å². The molecule has 3 heteroatoms. The van der Waals surface area contributed by atoms with Crippen LogP contribution in [-0.4, -0.2) is 18.6 Å². The molecule has 0 aromatic rings. The van der Waals surface area contributed by atoms with Gasteiger partial charge in [0, 0.05) is 12.3 Å². The van der Waals surface area contributed by atoms with Gasteiger partial charge in [0.15, 0.2) is 5.78 Å². The van der Waals surface area contributed by atoms with Crippen LogP contribution in [0.25, 0.3) is 0 Å². The molecule has 4 aliphatic rings. The van der Waals surface area contributed by atoms with Gasteiger partial charge in [-0.2, -0.15) is 0 Å². The highest BCUT2D eigenvalue weighted by Gasteiger charge is 2.59. The first-order valence-electron chi connectivity index (χ1n) is 10.2. The number of hydrogen-bond acceptors (Lipinski definition) is 3. The molecule has 0 N–H and O–H groups in total. The summed E-state index contributed by atoms with van der Waals surface area (Å²) in [7, 11) is 1.66. The van der Waals surface area contributed by atoms with Gasteiger partial charge in [-0.05, 0) is 86.5 Å². The maximum atomic E-state index is 11.9. The zero-order valence-corrected chi connectivity index (χ0v) is 16.3. The number of ketones is 1. The van der Waals surface area contributed by atoms with E-state index in [9.17, 15) is 4.79 Å². The smallest absolute Gasteiger partial charge is 0.155 e. The second-order valence-corrected chi connectivity index (χ2v) is 9.56. The Labute approximate surface area is 152 Å². The van der Waals surface area contributed by atoms with E-state index in [1.54, 1.807) is 7.11 Å². The molecule has 6 atom stereocenters. The number of carbonyl (C=O) groups excluding carboxylic acids is 1.